The minimum atomic E-state index is -1.04. The summed E-state index contributed by atoms with van der Waals surface area (Å²) in [5, 5.41) is 11.7. The number of nitrogens with zero attached hydrogens (tertiary/aromatic N) is 2. The van der Waals surface area contributed by atoms with Crippen LogP contribution < -0.4 is 19.1 Å². The molecule has 212 valence electrons. The molecule has 0 saturated carbocycles. The number of amides is 1. The second-order valence-electron chi connectivity index (χ2n) is 9.84. The topological polar surface area (TPSA) is 115 Å². The number of fused-ring (bicyclic) bond motifs is 1. The van der Waals surface area contributed by atoms with Crippen molar-refractivity contribution in [3.8, 4) is 17.2 Å². The van der Waals surface area contributed by atoms with Crippen molar-refractivity contribution < 1.29 is 33.7 Å². The number of aliphatic hydroxyl groups is 1. The van der Waals surface area contributed by atoms with Gasteiger partial charge >= 0.3 is 5.91 Å². The van der Waals surface area contributed by atoms with E-state index in [-0.39, 0.29) is 22.2 Å². The molecule has 1 saturated heterocycles. The smallest absolute Gasteiger partial charge is 0.301 e. The van der Waals surface area contributed by atoms with Gasteiger partial charge in [0.1, 0.15) is 31.3 Å². The summed E-state index contributed by atoms with van der Waals surface area (Å²) in [5.41, 5.74) is 2.13. The molecule has 1 unspecified atom stereocenters. The number of aryl methyl sites for hydroxylation is 1. The van der Waals surface area contributed by atoms with E-state index in [4.69, 9.17) is 14.2 Å². The highest BCUT2D eigenvalue weighted by molar-refractivity contribution is 7.18. The van der Waals surface area contributed by atoms with Crippen molar-refractivity contribution in [3.05, 3.63) is 106 Å². The summed E-state index contributed by atoms with van der Waals surface area (Å²) in [7, 11) is 0. The van der Waals surface area contributed by atoms with Crippen LogP contribution in [0.5, 0.6) is 17.2 Å². The molecule has 2 aliphatic rings. The van der Waals surface area contributed by atoms with Crippen molar-refractivity contribution in [2.45, 2.75) is 26.5 Å². The first kappa shape index (κ1) is 27.2. The van der Waals surface area contributed by atoms with Crippen LogP contribution in [0.2, 0.25) is 0 Å². The van der Waals surface area contributed by atoms with Gasteiger partial charge in [-0.2, -0.15) is 0 Å². The van der Waals surface area contributed by atoms with Crippen molar-refractivity contribution in [1.82, 2.24) is 4.98 Å². The van der Waals surface area contributed by atoms with Crippen molar-refractivity contribution in [2.75, 3.05) is 18.1 Å². The number of anilines is 1. The van der Waals surface area contributed by atoms with Crippen LogP contribution in [0.4, 0.5) is 5.13 Å². The van der Waals surface area contributed by atoms with Gasteiger partial charge in [-0.05, 0) is 48.4 Å². The molecule has 4 aromatic rings. The first-order valence-corrected chi connectivity index (χ1v) is 14.1. The van der Waals surface area contributed by atoms with Crippen molar-refractivity contribution >= 4 is 39.7 Å². The highest BCUT2D eigenvalue weighted by Gasteiger charge is 2.48. The first-order chi connectivity index (χ1) is 20.3. The van der Waals surface area contributed by atoms with Crippen molar-refractivity contribution in [1.29, 1.82) is 0 Å². The molecule has 0 bridgehead atoms. The lowest BCUT2D eigenvalue weighted by Gasteiger charge is -2.24. The van der Waals surface area contributed by atoms with Crippen LogP contribution in [-0.4, -0.2) is 40.8 Å². The first-order valence-electron chi connectivity index (χ1n) is 13.3. The molecule has 2 aliphatic heterocycles. The lowest BCUT2D eigenvalue weighted by molar-refractivity contribution is -0.132. The quantitative estimate of drug-likeness (QED) is 0.129. The molecule has 3 heterocycles. The third-order valence-corrected chi connectivity index (χ3v) is 8.25. The lowest BCUT2D eigenvalue weighted by atomic mass is 9.95. The number of ketones is 2. The van der Waals surface area contributed by atoms with Crippen LogP contribution in [0.3, 0.4) is 0 Å². The van der Waals surface area contributed by atoms with Gasteiger partial charge in [-0.1, -0.05) is 53.8 Å². The number of aromatic nitrogens is 1. The minimum Gasteiger partial charge on any atom is -0.507 e. The summed E-state index contributed by atoms with van der Waals surface area (Å²) in [5.74, 6) is -0.840. The number of carbonyl (C=O) groups excluding carboxylic acids is 3. The molecule has 1 N–H and O–H groups in total. The van der Waals surface area contributed by atoms with E-state index in [9.17, 15) is 19.5 Å². The number of benzene rings is 3. The molecule has 1 aromatic heterocycles. The summed E-state index contributed by atoms with van der Waals surface area (Å²) < 4.78 is 17.3. The predicted octanol–water partition coefficient (Wildman–Crippen LogP) is 5.63. The fourth-order valence-electron chi connectivity index (χ4n) is 5.02. The van der Waals surface area contributed by atoms with E-state index in [2.05, 4.69) is 4.98 Å². The van der Waals surface area contributed by atoms with Crippen LogP contribution in [0, 0.1) is 6.92 Å². The number of rotatable bonds is 7. The van der Waals surface area contributed by atoms with Crippen molar-refractivity contribution in [2.24, 2.45) is 0 Å². The summed E-state index contributed by atoms with van der Waals surface area (Å²) in [6.45, 7) is 4.16. The summed E-state index contributed by atoms with van der Waals surface area (Å²) >= 11 is 1.03. The minimum absolute atomic E-state index is 0.117. The van der Waals surface area contributed by atoms with E-state index in [1.807, 2.05) is 30.3 Å². The molecule has 0 radical (unpaired) electrons. The molecule has 3 aromatic carbocycles. The number of thiazole rings is 1. The molecule has 10 heteroatoms. The maximum atomic E-state index is 13.6. The Bertz CT molecular complexity index is 1740. The summed E-state index contributed by atoms with van der Waals surface area (Å²) in [6, 6.07) is 20.5. The van der Waals surface area contributed by atoms with Crippen molar-refractivity contribution in [3.63, 3.8) is 0 Å². The Labute approximate surface area is 245 Å². The third-order valence-electron chi connectivity index (χ3n) is 6.99. The molecule has 9 nitrogen and oxygen atoms in total. The van der Waals surface area contributed by atoms with Crippen LogP contribution in [0.1, 0.15) is 45.0 Å². The Morgan fingerprint density at radius 1 is 1.02 bits per heavy atom. The van der Waals surface area contributed by atoms with Gasteiger partial charge in [-0.15, -0.1) is 0 Å². The number of Topliss-reactive ketones (excluding diaryl/α,β-unsaturated/α-hetero) is 2. The van der Waals surface area contributed by atoms with Gasteiger partial charge in [0.25, 0.3) is 5.78 Å². The van der Waals surface area contributed by atoms with Crippen LogP contribution in [0.15, 0.2) is 78.4 Å². The monoisotopic (exact) mass is 582 g/mol. The Morgan fingerprint density at radius 3 is 2.52 bits per heavy atom. The highest BCUT2D eigenvalue weighted by atomic mass is 32.1. The van der Waals surface area contributed by atoms with Gasteiger partial charge in [0, 0.05) is 12.5 Å². The third kappa shape index (κ3) is 5.01. The molecule has 1 atom stereocenters. The van der Waals surface area contributed by atoms with Gasteiger partial charge in [0.2, 0.25) is 0 Å². The largest absolute Gasteiger partial charge is 0.507 e. The summed E-state index contributed by atoms with van der Waals surface area (Å²) in [4.78, 5) is 45.5. The van der Waals surface area contributed by atoms with Crippen LogP contribution in [-0.2, 0) is 16.2 Å². The highest BCUT2D eigenvalue weighted by Crippen LogP contribution is 2.45. The number of carbonyl (C=O) groups is 3. The van der Waals surface area contributed by atoms with Crippen LogP contribution >= 0.6 is 11.3 Å². The average Bonchev–Trinajstić information content (AvgIpc) is 3.52. The van der Waals surface area contributed by atoms with Crippen LogP contribution in [0.25, 0.3) is 5.76 Å². The maximum Gasteiger partial charge on any atom is 0.301 e. The number of aliphatic hydroxyl groups excluding tert-OH is 1. The zero-order valence-corrected chi connectivity index (χ0v) is 23.6. The Balaban J connectivity index is 1.46. The van der Waals surface area contributed by atoms with E-state index < -0.39 is 17.7 Å². The molecule has 0 spiro atoms. The molecule has 1 fully saturated rings. The lowest BCUT2D eigenvalue weighted by Crippen LogP contribution is -2.29. The standard InChI is InChI=1S/C32H26N2O7S/c1-18-30(19(2)35)42-32(33-18)34-27(21-9-6-10-23(15-21)41-17-20-7-4-3-5-8-20)26(29(37)31(34)38)28(36)22-11-12-24-25(16-22)40-14-13-39-24/h3-12,15-16,27,36H,13-14,17H2,1-2H3. The van der Waals surface area contributed by atoms with E-state index >= 15 is 0 Å². The predicted molar refractivity (Wildman–Crippen MR) is 156 cm³/mol. The SMILES string of the molecule is CC(=O)c1sc(N2C(=O)C(=O)C(=C(O)c3ccc4c(c3)OCCO4)C2c2cccc(OCc3ccccc3)c2)nc1C. The Hall–Kier alpha value is -4.96. The zero-order chi connectivity index (χ0) is 29.4. The normalized spacial score (nSPS) is 17.4. The summed E-state index contributed by atoms with van der Waals surface area (Å²) in [6.07, 6.45) is 0. The zero-order valence-electron chi connectivity index (χ0n) is 22.8. The fourth-order valence-corrected chi connectivity index (χ4v) is 6.01. The van der Waals surface area contributed by atoms with Gasteiger partial charge < -0.3 is 19.3 Å². The molecule has 42 heavy (non-hydrogen) atoms. The van der Waals surface area contributed by atoms with Gasteiger partial charge in [-0.25, -0.2) is 4.98 Å². The fraction of sp³-hybridized carbons (Fsp3) is 0.188. The molecular weight excluding hydrogens is 556 g/mol. The van der Waals surface area contributed by atoms with Gasteiger partial charge in [0.15, 0.2) is 22.4 Å². The second-order valence-corrected chi connectivity index (χ2v) is 10.8. The van der Waals surface area contributed by atoms with E-state index in [0.29, 0.717) is 58.8 Å². The Morgan fingerprint density at radius 2 is 1.79 bits per heavy atom. The van der Waals surface area contributed by atoms with Gasteiger partial charge in [0.05, 0.1) is 22.2 Å². The number of hydrogen-bond donors (Lipinski definition) is 1. The Kier molecular flexibility index (Phi) is 7.22. The van der Waals surface area contributed by atoms with E-state index in [1.54, 1.807) is 49.4 Å². The van der Waals surface area contributed by atoms with Gasteiger partial charge in [-0.3, -0.25) is 19.3 Å². The number of hydrogen-bond acceptors (Lipinski definition) is 9. The van der Waals surface area contributed by atoms with E-state index in [0.717, 1.165) is 16.9 Å². The average molecular weight is 583 g/mol. The molecule has 6 rings (SSSR count). The number of ether oxygens (including phenoxy) is 3. The molecule has 1 amide bonds. The molecule has 0 aliphatic carbocycles. The maximum absolute atomic E-state index is 13.6. The molecular formula is C32H26N2O7S. The second kappa shape index (κ2) is 11.1. The van der Waals surface area contributed by atoms with E-state index in [1.165, 1.54) is 11.8 Å².